The van der Waals surface area contributed by atoms with Crippen LogP contribution in [0.3, 0.4) is 0 Å². The fraction of sp³-hybridized carbons (Fsp3) is 0.462. The van der Waals surface area contributed by atoms with Gasteiger partial charge < -0.3 is 15.5 Å². The summed E-state index contributed by atoms with van der Waals surface area (Å²) in [5, 5.41) is 21.8. The first-order valence-electron chi connectivity index (χ1n) is 5.97. The standard InChI is InChI=1S/C13H17NO3/c15-10-6-3-7-11(16)12(10)13(17)14-8-9-4-1-2-5-9/h3,6-7,9,15-16H,1-2,4-5,8H2,(H,14,17). The van der Waals surface area contributed by atoms with Gasteiger partial charge in [0.2, 0.25) is 0 Å². The number of phenols is 2. The van der Waals surface area contributed by atoms with Crippen LogP contribution in [0.4, 0.5) is 0 Å². The molecule has 1 aliphatic rings. The van der Waals surface area contributed by atoms with E-state index in [2.05, 4.69) is 5.32 Å². The molecule has 92 valence electrons. The second-order valence-electron chi connectivity index (χ2n) is 4.53. The van der Waals surface area contributed by atoms with Gasteiger partial charge in [-0.25, -0.2) is 0 Å². The van der Waals surface area contributed by atoms with Gasteiger partial charge in [-0.3, -0.25) is 4.79 Å². The molecule has 0 unspecified atom stereocenters. The van der Waals surface area contributed by atoms with E-state index < -0.39 is 5.91 Å². The Morgan fingerprint density at radius 2 is 1.82 bits per heavy atom. The Morgan fingerprint density at radius 1 is 1.24 bits per heavy atom. The first-order chi connectivity index (χ1) is 8.18. The minimum absolute atomic E-state index is 0.0366. The van der Waals surface area contributed by atoms with Crippen molar-refractivity contribution in [2.75, 3.05) is 6.54 Å². The van der Waals surface area contributed by atoms with Gasteiger partial charge in [-0.2, -0.15) is 0 Å². The van der Waals surface area contributed by atoms with E-state index in [1.807, 2.05) is 0 Å². The maximum atomic E-state index is 11.8. The van der Waals surface area contributed by atoms with E-state index >= 15 is 0 Å². The molecule has 0 spiro atoms. The van der Waals surface area contributed by atoms with Gasteiger partial charge in [0.15, 0.2) is 0 Å². The zero-order chi connectivity index (χ0) is 12.3. The maximum Gasteiger partial charge on any atom is 0.258 e. The number of carbonyl (C=O) groups is 1. The van der Waals surface area contributed by atoms with Gasteiger partial charge in [0, 0.05) is 6.54 Å². The molecule has 1 saturated carbocycles. The van der Waals surface area contributed by atoms with Crippen molar-refractivity contribution in [1.82, 2.24) is 5.32 Å². The Bertz CT molecular complexity index is 391. The largest absolute Gasteiger partial charge is 0.507 e. The topological polar surface area (TPSA) is 69.6 Å². The van der Waals surface area contributed by atoms with Gasteiger partial charge in [0.1, 0.15) is 17.1 Å². The zero-order valence-electron chi connectivity index (χ0n) is 9.65. The van der Waals surface area contributed by atoms with E-state index in [-0.39, 0.29) is 17.1 Å². The fourth-order valence-electron chi connectivity index (χ4n) is 2.30. The molecule has 1 aromatic rings. The van der Waals surface area contributed by atoms with E-state index in [0.29, 0.717) is 12.5 Å². The lowest BCUT2D eigenvalue weighted by molar-refractivity contribution is 0.0942. The number of phenolic OH excluding ortho intramolecular Hbond substituents is 2. The third-order valence-electron chi connectivity index (χ3n) is 3.27. The number of hydrogen-bond acceptors (Lipinski definition) is 3. The van der Waals surface area contributed by atoms with Crippen molar-refractivity contribution in [2.45, 2.75) is 25.7 Å². The van der Waals surface area contributed by atoms with Crippen LogP contribution in [0.5, 0.6) is 11.5 Å². The van der Waals surface area contributed by atoms with Crippen molar-refractivity contribution in [1.29, 1.82) is 0 Å². The van der Waals surface area contributed by atoms with Crippen LogP contribution in [-0.4, -0.2) is 22.7 Å². The molecule has 0 heterocycles. The molecule has 4 nitrogen and oxygen atoms in total. The minimum atomic E-state index is -0.410. The van der Waals surface area contributed by atoms with Gasteiger partial charge in [0.25, 0.3) is 5.91 Å². The van der Waals surface area contributed by atoms with Gasteiger partial charge in [-0.05, 0) is 30.9 Å². The summed E-state index contributed by atoms with van der Waals surface area (Å²) in [5.74, 6) is -0.248. The molecular formula is C13H17NO3. The number of rotatable bonds is 3. The summed E-state index contributed by atoms with van der Waals surface area (Å²) < 4.78 is 0. The first-order valence-corrected chi connectivity index (χ1v) is 5.97. The first kappa shape index (κ1) is 11.8. The Hall–Kier alpha value is -1.71. The van der Waals surface area contributed by atoms with Crippen molar-refractivity contribution in [2.24, 2.45) is 5.92 Å². The molecule has 0 atom stereocenters. The molecule has 1 amide bonds. The highest BCUT2D eigenvalue weighted by atomic mass is 16.3. The molecule has 1 aliphatic carbocycles. The van der Waals surface area contributed by atoms with Crippen LogP contribution < -0.4 is 5.32 Å². The van der Waals surface area contributed by atoms with E-state index in [0.717, 1.165) is 12.8 Å². The average Bonchev–Trinajstić information content (AvgIpc) is 2.79. The highest BCUT2D eigenvalue weighted by Gasteiger charge is 2.19. The van der Waals surface area contributed by atoms with E-state index in [1.54, 1.807) is 0 Å². The highest BCUT2D eigenvalue weighted by molar-refractivity contribution is 5.99. The average molecular weight is 235 g/mol. The second-order valence-corrected chi connectivity index (χ2v) is 4.53. The molecule has 1 aromatic carbocycles. The van der Waals surface area contributed by atoms with Crippen LogP contribution in [0.1, 0.15) is 36.0 Å². The highest BCUT2D eigenvalue weighted by Crippen LogP contribution is 2.27. The van der Waals surface area contributed by atoms with Crippen LogP contribution in [0.15, 0.2) is 18.2 Å². The van der Waals surface area contributed by atoms with Crippen molar-refractivity contribution in [3.8, 4) is 11.5 Å². The van der Waals surface area contributed by atoms with Crippen molar-refractivity contribution >= 4 is 5.91 Å². The third-order valence-corrected chi connectivity index (χ3v) is 3.27. The molecule has 0 aromatic heterocycles. The normalized spacial score (nSPS) is 16.0. The lowest BCUT2D eigenvalue weighted by Gasteiger charge is -2.12. The SMILES string of the molecule is O=C(NCC1CCCC1)c1c(O)cccc1O. The summed E-state index contributed by atoms with van der Waals surface area (Å²) in [5.41, 5.74) is -0.0366. The van der Waals surface area contributed by atoms with Gasteiger partial charge in [-0.15, -0.1) is 0 Å². The van der Waals surface area contributed by atoms with Crippen molar-refractivity contribution in [3.63, 3.8) is 0 Å². The molecule has 17 heavy (non-hydrogen) atoms. The lowest BCUT2D eigenvalue weighted by Crippen LogP contribution is -2.28. The zero-order valence-corrected chi connectivity index (χ0v) is 9.65. The maximum absolute atomic E-state index is 11.8. The number of amides is 1. The predicted molar refractivity (Wildman–Crippen MR) is 64.1 cm³/mol. The van der Waals surface area contributed by atoms with Crippen LogP contribution >= 0.6 is 0 Å². The van der Waals surface area contributed by atoms with Crippen molar-refractivity contribution < 1.29 is 15.0 Å². The Labute approximate surface area is 100 Å². The van der Waals surface area contributed by atoms with Gasteiger partial charge in [-0.1, -0.05) is 18.9 Å². The number of hydrogen-bond donors (Lipinski definition) is 3. The molecule has 3 N–H and O–H groups in total. The van der Waals surface area contributed by atoms with Crippen LogP contribution in [0.2, 0.25) is 0 Å². The second kappa shape index (κ2) is 5.08. The Kier molecular flexibility index (Phi) is 3.52. The molecule has 0 aliphatic heterocycles. The van der Waals surface area contributed by atoms with E-state index in [9.17, 15) is 15.0 Å². The summed E-state index contributed by atoms with van der Waals surface area (Å²) in [6.07, 6.45) is 4.74. The monoisotopic (exact) mass is 235 g/mol. The Morgan fingerprint density at radius 3 is 2.41 bits per heavy atom. The smallest absolute Gasteiger partial charge is 0.258 e. The van der Waals surface area contributed by atoms with Gasteiger partial charge >= 0.3 is 0 Å². The molecule has 0 bridgehead atoms. The third kappa shape index (κ3) is 2.70. The summed E-state index contributed by atoms with van der Waals surface area (Å²) in [6.45, 7) is 0.618. The molecule has 4 heteroatoms. The van der Waals surface area contributed by atoms with Crippen LogP contribution in [-0.2, 0) is 0 Å². The van der Waals surface area contributed by atoms with E-state index in [1.165, 1.54) is 31.0 Å². The molecule has 1 fully saturated rings. The number of nitrogens with one attached hydrogen (secondary N) is 1. The van der Waals surface area contributed by atoms with Crippen LogP contribution in [0.25, 0.3) is 0 Å². The number of aromatic hydroxyl groups is 2. The molecule has 0 radical (unpaired) electrons. The molecular weight excluding hydrogens is 218 g/mol. The van der Waals surface area contributed by atoms with Gasteiger partial charge in [0.05, 0.1) is 0 Å². The number of benzene rings is 1. The molecule has 0 saturated heterocycles. The fourth-order valence-corrected chi connectivity index (χ4v) is 2.30. The van der Waals surface area contributed by atoms with Crippen molar-refractivity contribution in [3.05, 3.63) is 23.8 Å². The quantitative estimate of drug-likeness (QED) is 0.750. The predicted octanol–water partition coefficient (Wildman–Crippen LogP) is 2.02. The molecule has 2 rings (SSSR count). The number of carbonyl (C=O) groups excluding carboxylic acids is 1. The minimum Gasteiger partial charge on any atom is -0.507 e. The summed E-state index contributed by atoms with van der Waals surface area (Å²) >= 11 is 0. The Balaban J connectivity index is 1.99. The summed E-state index contributed by atoms with van der Waals surface area (Å²) in [6, 6.07) is 4.28. The summed E-state index contributed by atoms with van der Waals surface area (Å²) in [4.78, 5) is 11.8. The van der Waals surface area contributed by atoms with E-state index in [4.69, 9.17) is 0 Å². The lowest BCUT2D eigenvalue weighted by atomic mass is 10.1. The summed E-state index contributed by atoms with van der Waals surface area (Å²) in [7, 11) is 0. The van der Waals surface area contributed by atoms with Crippen LogP contribution in [0, 0.1) is 5.92 Å².